The van der Waals surface area contributed by atoms with E-state index in [9.17, 15) is 10.1 Å². The van der Waals surface area contributed by atoms with Crippen LogP contribution in [0.2, 0.25) is 0 Å². The van der Waals surface area contributed by atoms with Gasteiger partial charge in [0.1, 0.15) is 11.6 Å². The molecule has 0 heterocycles. The molecule has 8 nitrogen and oxygen atoms in total. The highest BCUT2D eigenvalue weighted by molar-refractivity contribution is 6.06. The van der Waals surface area contributed by atoms with Gasteiger partial charge in [0.05, 0.1) is 28.4 Å². The van der Waals surface area contributed by atoms with Crippen LogP contribution in [0.4, 0.5) is 5.69 Å². The number of anilines is 1. The molecule has 1 amide bonds. The summed E-state index contributed by atoms with van der Waals surface area (Å²) in [6.45, 7) is 0.532. The molecule has 2 aromatic rings. The Bertz CT molecular complexity index is 950. The van der Waals surface area contributed by atoms with Crippen LogP contribution >= 0.6 is 0 Å². The van der Waals surface area contributed by atoms with Crippen molar-refractivity contribution in [3.05, 3.63) is 53.7 Å². The van der Waals surface area contributed by atoms with E-state index in [4.69, 9.17) is 18.9 Å². The lowest BCUT2D eigenvalue weighted by Crippen LogP contribution is -2.18. The quantitative estimate of drug-likeness (QED) is 0.352. The number of benzene rings is 2. The van der Waals surface area contributed by atoms with E-state index >= 15 is 0 Å². The first kappa shape index (κ1) is 22.4. The van der Waals surface area contributed by atoms with Crippen LogP contribution in [0.25, 0.3) is 0 Å². The van der Waals surface area contributed by atoms with Crippen molar-refractivity contribution in [3.8, 4) is 29.1 Å². The van der Waals surface area contributed by atoms with Crippen LogP contribution in [0.1, 0.15) is 5.56 Å². The van der Waals surface area contributed by atoms with Crippen molar-refractivity contribution in [1.29, 1.82) is 5.26 Å². The standard InChI is InChI=1S/C22H25N3O5/c1-27-18-7-5-15(11-20(18)29-3)9-10-24-14-16(13-23)22(26)25-17-6-8-19(28-2)21(12-17)30-4/h5-8,11-12,14,24H,9-10H2,1-4H3,(H,25,26)/b16-14-. The SMILES string of the molecule is COc1ccc(CCN/C=C(/C#N)C(=O)Nc2ccc(OC)c(OC)c2)cc1OC. The fourth-order valence-corrected chi connectivity index (χ4v) is 2.69. The van der Waals surface area contributed by atoms with Crippen LogP contribution in [0.15, 0.2) is 48.2 Å². The third-order valence-electron chi connectivity index (χ3n) is 4.26. The van der Waals surface area contributed by atoms with Crippen LogP contribution in [-0.4, -0.2) is 40.9 Å². The molecule has 158 valence electrons. The van der Waals surface area contributed by atoms with Crippen molar-refractivity contribution in [2.45, 2.75) is 6.42 Å². The van der Waals surface area contributed by atoms with Gasteiger partial charge >= 0.3 is 0 Å². The van der Waals surface area contributed by atoms with Gasteiger partial charge in [-0.15, -0.1) is 0 Å². The molecule has 2 aromatic carbocycles. The molecule has 0 saturated carbocycles. The number of carbonyl (C=O) groups excluding carboxylic acids is 1. The smallest absolute Gasteiger partial charge is 0.267 e. The average molecular weight is 411 g/mol. The van der Waals surface area contributed by atoms with Gasteiger partial charge in [-0.1, -0.05) is 6.07 Å². The number of hydrogen-bond acceptors (Lipinski definition) is 7. The van der Waals surface area contributed by atoms with Crippen LogP contribution < -0.4 is 29.6 Å². The maximum absolute atomic E-state index is 12.4. The third-order valence-corrected chi connectivity index (χ3v) is 4.26. The van der Waals surface area contributed by atoms with Crippen LogP contribution in [-0.2, 0) is 11.2 Å². The molecular formula is C22H25N3O5. The molecule has 0 aliphatic heterocycles. The van der Waals surface area contributed by atoms with E-state index in [-0.39, 0.29) is 5.57 Å². The predicted molar refractivity (Wildman–Crippen MR) is 113 cm³/mol. The summed E-state index contributed by atoms with van der Waals surface area (Å²) in [5.74, 6) is 1.81. The number of carbonyl (C=O) groups is 1. The molecule has 0 aliphatic rings. The Morgan fingerprint density at radius 3 is 2.13 bits per heavy atom. The highest BCUT2D eigenvalue weighted by atomic mass is 16.5. The zero-order valence-electron chi connectivity index (χ0n) is 17.4. The Morgan fingerprint density at radius 1 is 0.933 bits per heavy atom. The largest absolute Gasteiger partial charge is 0.493 e. The molecule has 0 aliphatic carbocycles. The third kappa shape index (κ3) is 5.82. The average Bonchev–Trinajstić information content (AvgIpc) is 2.78. The van der Waals surface area contributed by atoms with Gasteiger partial charge in [0.25, 0.3) is 5.91 Å². The fourth-order valence-electron chi connectivity index (χ4n) is 2.69. The van der Waals surface area contributed by atoms with Crippen LogP contribution in [0.5, 0.6) is 23.0 Å². The fraction of sp³-hybridized carbons (Fsp3) is 0.273. The van der Waals surface area contributed by atoms with Gasteiger partial charge < -0.3 is 29.6 Å². The highest BCUT2D eigenvalue weighted by Gasteiger charge is 2.11. The topological polar surface area (TPSA) is 102 Å². The summed E-state index contributed by atoms with van der Waals surface area (Å²) < 4.78 is 20.9. The van der Waals surface area contributed by atoms with Gasteiger partial charge in [0, 0.05) is 24.5 Å². The second-order valence-electron chi connectivity index (χ2n) is 6.09. The first-order valence-electron chi connectivity index (χ1n) is 9.14. The molecule has 2 rings (SSSR count). The van der Waals surface area contributed by atoms with Crippen molar-refractivity contribution in [3.63, 3.8) is 0 Å². The molecule has 0 spiro atoms. The summed E-state index contributed by atoms with van der Waals surface area (Å²) in [6.07, 6.45) is 2.07. The predicted octanol–water partition coefficient (Wildman–Crippen LogP) is 2.90. The van der Waals surface area contributed by atoms with Gasteiger partial charge in [-0.3, -0.25) is 4.79 Å². The van der Waals surface area contributed by atoms with Crippen molar-refractivity contribution >= 4 is 11.6 Å². The second kappa shape index (κ2) is 11.2. The first-order chi connectivity index (χ1) is 14.6. The van der Waals surface area contributed by atoms with E-state index in [0.717, 1.165) is 5.56 Å². The molecule has 0 saturated heterocycles. The maximum atomic E-state index is 12.4. The normalized spacial score (nSPS) is 10.6. The van der Waals surface area contributed by atoms with E-state index in [0.29, 0.717) is 41.7 Å². The lowest BCUT2D eigenvalue weighted by atomic mass is 10.1. The molecule has 30 heavy (non-hydrogen) atoms. The minimum atomic E-state index is -0.525. The number of rotatable bonds is 10. The lowest BCUT2D eigenvalue weighted by molar-refractivity contribution is -0.112. The monoisotopic (exact) mass is 411 g/mol. The molecule has 0 radical (unpaired) electrons. The van der Waals surface area contributed by atoms with Crippen molar-refractivity contribution in [2.75, 3.05) is 40.3 Å². The zero-order valence-corrected chi connectivity index (χ0v) is 17.4. The minimum Gasteiger partial charge on any atom is -0.493 e. The summed E-state index contributed by atoms with van der Waals surface area (Å²) in [6, 6.07) is 12.5. The zero-order chi connectivity index (χ0) is 21.9. The summed E-state index contributed by atoms with van der Waals surface area (Å²) >= 11 is 0. The number of ether oxygens (including phenoxy) is 4. The van der Waals surface area contributed by atoms with Crippen molar-refractivity contribution < 1.29 is 23.7 Å². The Kier molecular flexibility index (Phi) is 8.39. The Hall–Kier alpha value is -3.86. The number of hydrogen-bond donors (Lipinski definition) is 2. The number of methoxy groups -OCH3 is 4. The Balaban J connectivity index is 1.96. The molecule has 0 atom stereocenters. The van der Waals surface area contributed by atoms with Gasteiger partial charge in [-0.2, -0.15) is 5.26 Å². The van der Waals surface area contributed by atoms with Gasteiger partial charge in [0.2, 0.25) is 0 Å². The van der Waals surface area contributed by atoms with Gasteiger partial charge in [-0.05, 0) is 36.2 Å². The van der Waals surface area contributed by atoms with Crippen LogP contribution in [0.3, 0.4) is 0 Å². The number of nitriles is 1. The molecular weight excluding hydrogens is 386 g/mol. The summed E-state index contributed by atoms with van der Waals surface area (Å²) in [5, 5.41) is 15.0. The van der Waals surface area contributed by atoms with E-state index < -0.39 is 5.91 Å². The number of nitrogens with zero attached hydrogens (tertiary/aromatic N) is 1. The highest BCUT2D eigenvalue weighted by Crippen LogP contribution is 2.30. The molecule has 8 heteroatoms. The summed E-state index contributed by atoms with van der Waals surface area (Å²) in [5.41, 5.74) is 1.48. The van der Waals surface area contributed by atoms with Crippen LogP contribution in [0, 0.1) is 11.3 Å². The molecule has 2 N–H and O–H groups in total. The van der Waals surface area contributed by atoms with Crippen molar-refractivity contribution in [1.82, 2.24) is 5.32 Å². The minimum absolute atomic E-state index is 0.0444. The Morgan fingerprint density at radius 2 is 1.53 bits per heavy atom. The van der Waals surface area contributed by atoms with Crippen molar-refractivity contribution in [2.24, 2.45) is 0 Å². The van der Waals surface area contributed by atoms with E-state index in [1.54, 1.807) is 32.4 Å². The number of nitrogens with one attached hydrogen (secondary N) is 2. The summed E-state index contributed by atoms with van der Waals surface area (Å²) in [7, 11) is 6.20. The van der Waals surface area contributed by atoms with E-state index in [1.807, 2.05) is 24.3 Å². The lowest BCUT2D eigenvalue weighted by Gasteiger charge is -2.11. The second-order valence-corrected chi connectivity index (χ2v) is 6.09. The Labute approximate surface area is 176 Å². The number of amides is 1. The molecule has 0 aromatic heterocycles. The molecule has 0 bridgehead atoms. The van der Waals surface area contributed by atoms with Gasteiger partial charge in [-0.25, -0.2) is 0 Å². The molecule has 0 unspecified atom stereocenters. The van der Waals surface area contributed by atoms with Gasteiger partial charge in [0.15, 0.2) is 23.0 Å². The molecule has 0 fully saturated rings. The van der Waals surface area contributed by atoms with E-state index in [1.165, 1.54) is 20.4 Å². The van der Waals surface area contributed by atoms with E-state index in [2.05, 4.69) is 10.6 Å². The first-order valence-corrected chi connectivity index (χ1v) is 9.14. The summed E-state index contributed by atoms with van der Waals surface area (Å²) in [4.78, 5) is 12.4. The maximum Gasteiger partial charge on any atom is 0.267 e.